The van der Waals surface area contributed by atoms with Gasteiger partial charge in [0.15, 0.2) is 5.82 Å². The lowest BCUT2D eigenvalue weighted by Crippen LogP contribution is -2.43. The predicted molar refractivity (Wildman–Crippen MR) is 161 cm³/mol. The number of phenolic OH excluding ortho intramolecular Hbond substituents is 1. The molecule has 8 rings (SSSR count). The zero-order chi connectivity index (χ0) is 30.3. The maximum absolute atomic E-state index is 16.9. The molecule has 0 unspecified atom stereocenters. The fourth-order valence-corrected chi connectivity index (χ4v) is 8.05. The number of ether oxygens (including phenoxy) is 2. The van der Waals surface area contributed by atoms with E-state index in [0.717, 1.165) is 38.6 Å². The summed E-state index contributed by atoms with van der Waals surface area (Å²) in [6.45, 7) is 1.40. The van der Waals surface area contributed by atoms with Crippen molar-refractivity contribution in [2.24, 2.45) is 0 Å². The molecular formula is C34H31F3N4O3. The van der Waals surface area contributed by atoms with Gasteiger partial charge in [0.1, 0.15) is 47.5 Å². The van der Waals surface area contributed by atoms with Crippen molar-refractivity contribution in [3.05, 3.63) is 47.5 Å². The molecule has 0 radical (unpaired) electrons. The van der Waals surface area contributed by atoms with Crippen LogP contribution in [0.2, 0.25) is 0 Å². The van der Waals surface area contributed by atoms with Crippen LogP contribution in [0, 0.1) is 24.0 Å². The van der Waals surface area contributed by atoms with Gasteiger partial charge in [-0.05, 0) is 73.9 Å². The van der Waals surface area contributed by atoms with Gasteiger partial charge in [-0.2, -0.15) is 9.97 Å². The van der Waals surface area contributed by atoms with E-state index in [4.69, 9.17) is 20.9 Å². The number of hydrogen-bond acceptors (Lipinski definition) is 7. The van der Waals surface area contributed by atoms with E-state index in [1.54, 1.807) is 6.07 Å². The Hall–Kier alpha value is -4.23. The predicted octanol–water partition coefficient (Wildman–Crippen LogP) is 6.12. The molecule has 1 aromatic heterocycles. The van der Waals surface area contributed by atoms with Gasteiger partial charge in [0.2, 0.25) is 0 Å². The summed E-state index contributed by atoms with van der Waals surface area (Å²) in [5.41, 5.74) is -0.207. The fraction of sp³-hybridized carbons (Fsp3) is 0.412. The Morgan fingerprint density at radius 2 is 2.00 bits per heavy atom. The van der Waals surface area contributed by atoms with Crippen molar-refractivity contribution in [3.8, 4) is 41.0 Å². The molecule has 0 spiro atoms. The number of anilines is 1. The van der Waals surface area contributed by atoms with Crippen LogP contribution < -0.4 is 14.4 Å². The van der Waals surface area contributed by atoms with Crippen molar-refractivity contribution < 1.29 is 27.8 Å². The average molecular weight is 601 g/mol. The smallest absolute Gasteiger partial charge is 0.319 e. The Morgan fingerprint density at radius 3 is 2.84 bits per heavy atom. The SMILES string of the molecule is C#Cc1c(F)ccc2cc(O)cc(-c3cc4c5c(nc(OC[C@@]67CCCN6C[C@H](F)C7)nc5c3F)N(C)[C@@H]3CCC[C@H]3O4)c12. The third kappa shape index (κ3) is 4.02. The third-order valence-electron chi connectivity index (χ3n) is 10.1. The summed E-state index contributed by atoms with van der Waals surface area (Å²) >= 11 is 0. The van der Waals surface area contributed by atoms with Crippen LogP contribution in [0.1, 0.15) is 44.1 Å². The molecular weight excluding hydrogens is 569 g/mol. The number of terminal acetylenes is 1. The monoisotopic (exact) mass is 600 g/mol. The van der Waals surface area contributed by atoms with Gasteiger partial charge in [0, 0.05) is 31.0 Å². The number of likely N-dealkylation sites (N-methyl/N-ethyl adjacent to an activating group) is 1. The molecule has 2 saturated heterocycles. The van der Waals surface area contributed by atoms with E-state index in [9.17, 15) is 13.9 Å². The van der Waals surface area contributed by atoms with E-state index in [1.165, 1.54) is 24.3 Å². The number of aromatic nitrogens is 2. The largest absolute Gasteiger partial charge is 0.508 e. The zero-order valence-electron chi connectivity index (χ0n) is 24.2. The zero-order valence-corrected chi connectivity index (χ0v) is 24.2. The van der Waals surface area contributed by atoms with Crippen molar-refractivity contribution >= 4 is 27.5 Å². The van der Waals surface area contributed by atoms with E-state index >= 15 is 4.39 Å². The maximum atomic E-state index is 16.9. The molecule has 1 aliphatic carbocycles. The first-order valence-electron chi connectivity index (χ1n) is 15.1. The van der Waals surface area contributed by atoms with Crippen LogP contribution in [-0.2, 0) is 0 Å². The van der Waals surface area contributed by atoms with Gasteiger partial charge in [0.05, 0.1) is 22.5 Å². The average Bonchev–Trinajstić information content (AvgIpc) is 3.69. The topological polar surface area (TPSA) is 71.0 Å². The second-order valence-electron chi connectivity index (χ2n) is 12.6. The molecule has 4 aliphatic rings. The molecule has 10 heteroatoms. The summed E-state index contributed by atoms with van der Waals surface area (Å²) in [6, 6.07) is 7.15. The van der Waals surface area contributed by atoms with Crippen LogP contribution in [0.25, 0.3) is 32.8 Å². The number of benzene rings is 3. The van der Waals surface area contributed by atoms with Crippen LogP contribution in [0.4, 0.5) is 19.0 Å². The molecule has 3 aliphatic heterocycles. The second kappa shape index (κ2) is 9.89. The summed E-state index contributed by atoms with van der Waals surface area (Å²) < 4.78 is 59.0. The van der Waals surface area contributed by atoms with Gasteiger partial charge in [-0.1, -0.05) is 12.0 Å². The molecule has 4 heterocycles. The summed E-state index contributed by atoms with van der Waals surface area (Å²) in [6.07, 6.45) is 9.46. The summed E-state index contributed by atoms with van der Waals surface area (Å²) in [7, 11) is 1.92. The van der Waals surface area contributed by atoms with E-state index < -0.39 is 23.3 Å². The third-order valence-corrected chi connectivity index (χ3v) is 10.1. The van der Waals surface area contributed by atoms with E-state index in [-0.39, 0.29) is 52.7 Å². The van der Waals surface area contributed by atoms with Gasteiger partial charge in [-0.15, -0.1) is 6.42 Å². The Balaban J connectivity index is 1.34. The molecule has 226 valence electrons. The molecule has 7 nitrogen and oxygen atoms in total. The Morgan fingerprint density at radius 1 is 1.14 bits per heavy atom. The number of rotatable bonds is 4. The lowest BCUT2D eigenvalue weighted by atomic mass is 9.92. The van der Waals surface area contributed by atoms with Crippen molar-refractivity contribution in [2.45, 2.75) is 62.4 Å². The Labute approximate surface area is 252 Å². The number of aromatic hydroxyl groups is 1. The molecule has 3 fully saturated rings. The summed E-state index contributed by atoms with van der Waals surface area (Å²) in [4.78, 5) is 13.5. The fourth-order valence-electron chi connectivity index (χ4n) is 8.05. The highest BCUT2D eigenvalue weighted by molar-refractivity contribution is 6.05. The van der Waals surface area contributed by atoms with Crippen molar-refractivity contribution in [1.82, 2.24) is 14.9 Å². The quantitative estimate of drug-likeness (QED) is 0.283. The van der Waals surface area contributed by atoms with E-state index in [0.29, 0.717) is 40.7 Å². The molecule has 4 aromatic rings. The minimum Gasteiger partial charge on any atom is -0.508 e. The minimum absolute atomic E-state index is 0.00236. The van der Waals surface area contributed by atoms with Gasteiger partial charge in [-0.3, -0.25) is 4.90 Å². The van der Waals surface area contributed by atoms with Crippen LogP contribution >= 0.6 is 0 Å². The van der Waals surface area contributed by atoms with E-state index in [1.807, 2.05) is 11.9 Å². The minimum atomic E-state index is -0.916. The van der Waals surface area contributed by atoms with Crippen molar-refractivity contribution in [3.63, 3.8) is 0 Å². The lowest BCUT2D eigenvalue weighted by molar-refractivity contribution is 0.107. The van der Waals surface area contributed by atoms with Gasteiger partial charge < -0.3 is 19.5 Å². The van der Waals surface area contributed by atoms with E-state index in [2.05, 4.69) is 15.8 Å². The van der Waals surface area contributed by atoms with Crippen molar-refractivity contribution in [2.75, 3.05) is 31.6 Å². The van der Waals surface area contributed by atoms with Crippen LogP contribution in [0.3, 0.4) is 0 Å². The first kappa shape index (κ1) is 27.3. The molecule has 0 bridgehead atoms. The number of fused-ring (bicyclic) bond motifs is 3. The van der Waals surface area contributed by atoms with Crippen LogP contribution in [0.5, 0.6) is 17.5 Å². The van der Waals surface area contributed by atoms with Crippen molar-refractivity contribution in [1.29, 1.82) is 0 Å². The summed E-state index contributed by atoms with van der Waals surface area (Å²) in [5, 5.41) is 11.8. The Bertz CT molecular complexity index is 1890. The molecule has 4 atom stereocenters. The number of halogens is 3. The first-order chi connectivity index (χ1) is 21.3. The second-order valence-corrected chi connectivity index (χ2v) is 12.6. The highest BCUT2D eigenvalue weighted by atomic mass is 19.1. The molecule has 0 amide bonds. The number of nitrogens with zero attached hydrogens (tertiary/aromatic N) is 4. The van der Waals surface area contributed by atoms with Crippen LogP contribution in [-0.4, -0.2) is 70.6 Å². The molecule has 1 saturated carbocycles. The number of phenols is 1. The molecule has 3 aromatic carbocycles. The lowest BCUT2D eigenvalue weighted by Gasteiger charge is -2.31. The van der Waals surface area contributed by atoms with Gasteiger partial charge in [0.25, 0.3) is 0 Å². The Kier molecular flexibility index (Phi) is 6.14. The number of alkyl halides is 1. The standard InChI is InChI=1S/C34H31F3N4O3/c1-3-21-24(36)9-8-18-12-20(42)13-22(28(18)21)23-14-27-29-31(30(23)37)38-33(39-32(29)40(2)25-6-4-7-26(25)44-27)43-17-34-10-5-11-41(34)16-19(35)15-34/h1,8-9,12-14,19,25-26,42H,4-7,10-11,15-17H2,2H3/t19-,25-,26-,34+/m1/s1. The molecule has 1 N–H and O–H groups in total. The normalized spacial score (nSPS) is 26.0. The molecule has 44 heavy (non-hydrogen) atoms. The highest BCUT2D eigenvalue weighted by Crippen LogP contribution is 2.47. The van der Waals surface area contributed by atoms with Gasteiger partial charge >= 0.3 is 6.01 Å². The highest BCUT2D eigenvalue weighted by Gasteiger charge is 2.49. The maximum Gasteiger partial charge on any atom is 0.319 e. The first-order valence-corrected chi connectivity index (χ1v) is 15.1. The van der Waals surface area contributed by atoms with Gasteiger partial charge in [-0.25, -0.2) is 13.2 Å². The summed E-state index contributed by atoms with van der Waals surface area (Å²) in [5.74, 6) is 1.83. The van der Waals surface area contributed by atoms with Crippen LogP contribution in [0.15, 0.2) is 30.3 Å². The number of hydrogen-bond donors (Lipinski definition) is 1.